The zero-order valence-electron chi connectivity index (χ0n) is 16.8. The second kappa shape index (κ2) is 7.83. The number of likely N-dealkylation sites (tertiary alicyclic amines) is 1. The largest absolute Gasteiger partial charge is 0.350 e. The van der Waals surface area contributed by atoms with E-state index in [1.807, 2.05) is 6.07 Å². The predicted molar refractivity (Wildman–Crippen MR) is 121 cm³/mol. The van der Waals surface area contributed by atoms with Crippen molar-refractivity contribution in [1.82, 2.24) is 14.9 Å². The molecule has 0 radical (unpaired) electrons. The Morgan fingerprint density at radius 3 is 2.97 bits per heavy atom. The van der Waals surface area contributed by atoms with Gasteiger partial charge >= 0.3 is 0 Å². The Balaban J connectivity index is 1.55. The number of nitrogens with one attached hydrogen (secondary N) is 1. The molecule has 0 aliphatic carbocycles. The normalized spacial score (nSPS) is 20.3. The van der Waals surface area contributed by atoms with Crippen LogP contribution in [0.5, 0.6) is 0 Å². The molecular formula is C22H22F2N4S2. The third-order valence-corrected chi connectivity index (χ3v) is 8.09. The lowest BCUT2D eigenvalue weighted by atomic mass is 9.89. The summed E-state index contributed by atoms with van der Waals surface area (Å²) in [6, 6.07) is 5.91. The fourth-order valence-electron chi connectivity index (χ4n) is 4.46. The first-order chi connectivity index (χ1) is 14.6. The van der Waals surface area contributed by atoms with E-state index in [0.717, 1.165) is 35.5 Å². The summed E-state index contributed by atoms with van der Waals surface area (Å²) in [7, 11) is 0. The fourth-order valence-corrected chi connectivity index (χ4v) is 6.38. The molecule has 5 rings (SSSR count). The topological polar surface area (TPSA) is 41.0 Å². The van der Waals surface area contributed by atoms with Crippen molar-refractivity contribution in [2.75, 3.05) is 18.4 Å². The van der Waals surface area contributed by atoms with Gasteiger partial charge in [0, 0.05) is 22.2 Å². The molecule has 1 aliphatic rings. The second-order valence-corrected chi connectivity index (χ2v) is 9.67. The number of anilines is 2. The molecular weight excluding hydrogens is 422 g/mol. The van der Waals surface area contributed by atoms with Crippen molar-refractivity contribution in [1.29, 1.82) is 0 Å². The molecule has 1 N–H and O–H groups in total. The molecule has 2 atom stereocenters. The number of hydrogen-bond donors (Lipinski definition) is 1. The van der Waals surface area contributed by atoms with Gasteiger partial charge in [0.05, 0.1) is 27.8 Å². The lowest BCUT2D eigenvalue weighted by molar-refractivity contribution is 0.148. The van der Waals surface area contributed by atoms with E-state index < -0.39 is 11.6 Å². The number of piperidine rings is 1. The highest BCUT2D eigenvalue weighted by Crippen LogP contribution is 2.41. The maximum absolute atomic E-state index is 14.9. The molecule has 1 fully saturated rings. The van der Waals surface area contributed by atoms with E-state index >= 15 is 0 Å². The van der Waals surface area contributed by atoms with Crippen molar-refractivity contribution in [3.05, 3.63) is 46.4 Å². The number of likely N-dealkylation sites (N-methyl/N-ethyl adjacent to an activating group) is 1. The van der Waals surface area contributed by atoms with Gasteiger partial charge < -0.3 is 10.2 Å². The van der Waals surface area contributed by atoms with Gasteiger partial charge in [-0.15, -0.1) is 22.7 Å². The number of rotatable bonds is 4. The summed E-state index contributed by atoms with van der Waals surface area (Å²) >= 11 is 2.99. The standard InChI is InChI=1S/C22H22F2N4S2/c1-3-28-8-4-5-13(12(28)2)18-9-14-20(15(23)10-25-22(14)30-18)27-16-6-7-17-21(19(16)24)26-11-29-17/h6-7,9-13H,3-5,8H2,1-2H3,(H,25,27). The van der Waals surface area contributed by atoms with Crippen LogP contribution in [0.2, 0.25) is 0 Å². The van der Waals surface area contributed by atoms with Crippen LogP contribution in [-0.4, -0.2) is 34.0 Å². The Bertz CT molecular complexity index is 1220. The smallest absolute Gasteiger partial charge is 0.173 e. The van der Waals surface area contributed by atoms with Gasteiger partial charge in [0.1, 0.15) is 10.3 Å². The van der Waals surface area contributed by atoms with E-state index in [1.54, 1.807) is 29.0 Å². The first-order valence-electron chi connectivity index (χ1n) is 10.2. The number of thiazole rings is 1. The summed E-state index contributed by atoms with van der Waals surface area (Å²) in [5, 5.41) is 3.69. The number of pyridine rings is 1. The average Bonchev–Trinajstić information content (AvgIpc) is 3.39. The van der Waals surface area contributed by atoms with E-state index in [2.05, 4.69) is 34.0 Å². The molecule has 3 aromatic heterocycles. The minimum Gasteiger partial charge on any atom is -0.350 e. The third-order valence-electron chi connectivity index (χ3n) is 6.13. The molecule has 2 unspecified atom stereocenters. The van der Waals surface area contributed by atoms with Gasteiger partial charge in [-0.25, -0.2) is 18.7 Å². The van der Waals surface area contributed by atoms with Gasteiger partial charge in [-0.05, 0) is 51.1 Å². The molecule has 0 spiro atoms. The summed E-state index contributed by atoms with van der Waals surface area (Å²) in [5.74, 6) is -0.554. The second-order valence-electron chi connectivity index (χ2n) is 7.72. The number of nitrogens with zero attached hydrogens (tertiary/aromatic N) is 3. The Hall–Kier alpha value is -2.16. The number of hydrogen-bond acceptors (Lipinski definition) is 6. The maximum atomic E-state index is 14.9. The monoisotopic (exact) mass is 444 g/mol. The number of benzene rings is 1. The van der Waals surface area contributed by atoms with E-state index in [-0.39, 0.29) is 11.4 Å². The molecule has 4 aromatic rings. The maximum Gasteiger partial charge on any atom is 0.173 e. The third kappa shape index (κ3) is 3.27. The molecule has 156 valence electrons. The number of aromatic nitrogens is 2. The molecule has 4 heterocycles. The van der Waals surface area contributed by atoms with Crippen LogP contribution in [-0.2, 0) is 0 Å². The van der Waals surface area contributed by atoms with Crippen LogP contribution in [0, 0.1) is 11.6 Å². The Morgan fingerprint density at radius 2 is 2.13 bits per heavy atom. The summed E-state index contributed by atoms with van der Waals surface area (Å²) in [5.41, 5.74) is 2.40. The van der Waals surface area contributed by atoms with Gasteiger partial charge in [-0.2, -0.15) is 0 Å². The Morgan fingerprint density at radius 1 is 1.27 bits per heavy atom. The number of thiophene rings is 1. The first kappa shape index (κ1) is 19.8. The van der Waals surface area contributed by atoms with Crippen molar-refractivity contribution >= 4 is 54.5 Å². The van der Waals surface area contributed by atoms with Gasteiger partial charge in [0.2, 0.25) is 0 Å². The lowest BCUT2D eigenvalue weighted by Crippen LogP contribution is -2.41. The highest BCUT2D eigenvalue weighted by molar-refractivity contribution is 7.18. The minimum absolute atomic E-state index is 0.218. The van der Waals surface area contributed by atoms with Gasteiger partial charge in [-0.3, -0.25) is 0 Å². The van der Waals surface area contributed by atoms with Crippen LogP contribution in [0.1, 0.15) is 37.5 Å². The van der Waals surface area contributed by atoms with E-state index in [1.165, 1.54) is 22.4 Å². The molecule has 8 heteroatoms. The molecule has 0 saturated carbocycles. The predicted octanol–water partition coefficient (Wildman–Crippen LogP) is 6.52. The molecule has 1 aliphatic heterocycles. The lowest BCUT2D eigenvalue weighted by Gasteiger charge is -2.38. The summed E-state index contributed by atoms with van der Waals surface area (Å²) < 4.78 is 30.4. The quantitative estimate of drug-likeness (QED) is 0.389. The molecule has 4 nitrogen and oxygen atoms in total. The highest BCUT2D eigenvalue weighted by Gasteiger charge is 2.30. The van der Waals surface area contributed by atoms with Crippen molar-refractivity contribution in [3.8, 4) is 0 Å². The van der Waals surface area contributed by atoms with E-state index in [9.17, 15) is 8.78 Å². The van der Waals surface area contributed by atoms with Crippen LogP contribution in [0.15, 0.2) is 29.9 Å². The Kier molecular flexibility index (Phi) is 5.16. The molecule has 30 heavy (non-hydrogen) atoms. The highest BCUT2D eigenvalue weighted by atomic mass is 32.1. The van der Waals surface area contributed by atoms with Crippen molar-refractivity contribution in [2.45, 2.75) is 38.6 Å². The van der Waals surface area contributed by atoms with Crippen LogP contribution in [0.3, 0.4) is 0 Å². The minimum atomic E-state index is -0.489. The summed E-state index contributed by atoms with van der Waals surface area (Å²) in [6.45, 7) is 6.61. The molecule has 0 amide bonds. The number of fused-ring (bicyclic) bond motifs is 2. The molecule has 0 bridgehead atoms. The van der Waals surface area contributed by atoms with Gasteiger partial charge in [0.15, 0.2) is 11.6 Å². The zero-order valence-corrected chi connectivity index (χ0v) is 18.4. The van der Waals surface area contributed by atoms with Gasteiger partial charge in [0.25, 0.3) is 0 Å². The summed E-state index contributed by atoms with van der Waals surface area (Å²) in [6.07, 6.45) is 3.49. The fraction of sp³-hybridized carbons (Fsp3) is 0.364. The van der Waals surface area contributed by atoms with E-state index in [4.69, 9.17) is 0 Å². The zero-order chi connectivity index (χ0) is 20.8. The van der Waals surface area contributed by atoms with Crippen LogP contribution in [0.25, 0.3) is 20.4 Å². The van der Waals surface area contributed by atoms with Crippen molar-refractivity contribution < 1.29 is 8.78 Å². The first-order valence-corrected chi connectivity index (χ1v) is 11.9. The van der Waals surface area contributed by atoms with Gasteiger partial charge in [-0.1, -0.05) is 6.92 Å². The molecule has 1 saturated heterocycles. The SMILES string of the molecule is CCN1CCCC(c2cc3c(Nc4ccc5scnc5c4F)c(F)cnc3s2)C1C. The van der Waals surface area contributed by atoms with Crippen LogP contribution in [0.4, 0.5) is 20.2 Å². The van der Waals surface area contributed by atoms with Crippen LogP contribution < -0.4 is 5.32 Å². The van der Waals surface area contributed by atoms with Crippen molar-refractivity contribution in [2.24, 2.45) is 0 Å². The number of halogens is 2. The van der Waals surface area contributed by atoms with Crippen molar-refractivity contribution in [3.63, 3.8) is 0 Å². The Labute approximate surface area is 181 Å². The van der Waals surface area contributed by atoms with Crippen LogP contribution >= 0.6 is 22.7 Å². The summed E-state index contributed by atoms with van der Waals surface area (Å²) in [4.78, 5) is 12.9. The average molecular weight is 445 g/mol. The van der Waals surface area contributed by atoms with E-state index in [0.29, 0.717) is 22.9 Å². The molecule has 1 aromatic carbocycles.